The van der Waals surface area contributed by atoms with Gasteiger partial charge in [-0.05, 0) is 36.6 Å². The summed E-state index contributed by atoms with van der Waals surface area (Å²) < 4.78 is 10.5. The molecule has 2 atom stereocenters. The molecule has 2 aromatic carbocycles. The molecule has 0 aliphatic carbocycles. The van der Waals surface area contributed by atoms with Crippen LogP contribution in [0.3, 0.4) is 0 Å². The summed E-state index contributed by atoms with van der Waals surface area (Å²) in [6, 6.07) is 14.5. The van der Waals surface area contributed by atoms with E-state index in [1.807, 2.05) is 30.3 Å². The number of nitrogens with one attached hydrogen (secondary N) is 1. The molecule has 3 rings (SSSR count). The molecule has 3 aromatic rings. The first-order valence-corrected chi connectivity index (χ1v) is 9.42. The van der Waals surface area contributed by atoms with Crippen molar-refractivity contribution >= 4 is 11.9 Å². The number of rotatable bonds is 8. The van der Waals surface area contributed by atoms with Crippen molar-refractivity contribution in [2.24, 2.45) is 5.73 Å². The Labute approximate surface area is 173 Å². The fourth-order valence-electron chi connectivity index (χ4n) is 2.72. The van der Waals surface area contributed by atoms with E-state index in [4.69, 9.17) is 14.9 Å². The van der Waals surface area contributed by atoms with Crippen LogP contribution in [0.15, 0.2) is 65.3 Å². The molecule has 2 unspecified atom stereocenters. The number of phenols is 1. The van der Waals surface area contributed by atoms with Gasteiger partial charge < -0.3 is 25.3 Å². The second kappa shape index (κ2) is 9.71. The number of aromatic nitrogens is 1. The van der Waals surface area contributed by atoms with Gasteiger partial charge in [-0.15, -0.1) is 0 Å². The van der Waals surface area contributed by atoms with Gasteiger partial charge in [0.05, 0.1) is 6.04 Å². The number of ether oxygens (including phenoxy) is 1. The van der Waals surface area contributed by atoms with Gasteiger partial charge in [-0.1, -0.05) is 42.5 Å². The van der Waals surface area contributed by atoms with Gasteiger partial charge in [0.15, 0.2) is 5.69 Å². The quantitative estimate of drug-likeness (QED) is 0.488. The lowest BCUT2D eigenvalue weighted by Gasteiger charge is -2.12. The van der Waals surface area contributed by atoms with Crippen molar-refractivity contribution in [2.75, 3.05) is 0 Å². The lowest BCUT2D eigenvalue weighted by Crippen LogP contribution is -2.39. The Bertz CT molecular complexity index is 986. The minimum absolute atomic E-state index is 0.0221. The molecule has 1 aromatic heterocycles. The number of carbonyl (C=O) groups is 2. The molecule has 0 radical (unpaired) electrons. The molecule has 0 aliphatic rings. The van der Waals surface area contributed by atoms with Crippen LogP contribution in [0.25, 0.3) is 0 Å². The summed E-state index contributed by atoms with van der Waals surface area (Å²) in [4.78, 5) is 28.6. The van der Waals surface area contributed by atoms with E-state index in [1.54, 1.807) is 24.3 Å². The number of hydrogen-bond donors (Lipinski definition) is 3. The Kier molecular flexibility index (Phi) is 6.82. The van der Waals surface area contributed by atoms with Gasteiger partial charge in [0.25, 0.3) is 5.91 Å². The van der Waals surface area contributed by atoms with E-state index >= 15 is 0 Å². The Morgan fingerprint density at radius 3 is 2.53 bits per heavy atom. The summed E-state index contributed by atoms with van der Waals surface area (Å²) in [5.41, 5.74) is 7.86. The van der Waals surface area contributed by atoms with E-state index < -0.39 is 24.0 Å². The van der Waals surface area contributed by atoms with Crippen LogP contribution in [-0.4, -0.2) is 28.0 Å². The summed E-state index contributed by atoms with van der Waals surface area (Å²) in [5, 5.41) is 11.9. The van der Waals surface area contributed by atoms with Gasteiger partial charge in [-0.25, -0.2) is 9.78 Å². The molecule has 156 valence electrons. The molecule has 8 heteroatoms. The maximum absolute atomic E-state index is 12.4. The number of aromatic hydroxyl groups is 1. The number of carbonyl (C=O) groups excluding carboxylic acids is 2. The van der Waals surface area contributed by atoms with Gasteiger partial charge >= 0.3 is 5.97 Å². The third-order valence-corrected chi connectivity index (χ3v) is 4.39. The zero-order chi connectivity index (χ0) is 21.5. The van der Waals surface area contributed by atoms with Gasteiger partial charge in [-0.2, -0.15) is 0 Å². The third kappa shape index (κ3) is 5.68. The fourth-order valence-corrected chi connectivity index (χ4v) is 2.72. The third-order valence-electron chi connectivity index (χ3n) is 4.39. The van der Waals surface area contributed by atoms with E-state index in [0.29, 0.717) is 6.42 Å². The molecule has 0 spiro atoms. The predicted molar refractivity (Wildman–Crippen MR) is 108 cm³/mol. The highest BCUT2D eigenvalue weighted by Crippen LogP contribution is 2.18. The predicted octanol–water partition coefficient (Wildman–Crippen LogP) is 2.48. The molecule has 1 amide bonds. The van der Waals surface area contributed by atoms with E-state index in [9.17, 15) is 14.7 Å². The van der Waals surface area contributed by atoms with Crippen molar-refractivity contribution in [1.29, 1.82) is 0 Å². The summed E-state index contributed by atoms with van der Waals surface area (Å²) >= 11 is 0. The molecule has 4 N–H and O–H groups in total. The second-order valence-corrected chi connectivity index (χ2v) is 6.84. The molecule has 0 fully saturated rings. The number of phenolic OH excluding ortho intramolecular Hbond substituents is 1. The van der Waals surface area contributed by atoms with E-state index in [1.165, 1.54) is 13.2 Å². The van der Waals surface area contributed by atoms with Crippen LogP contribution in [0.2, 0.25) is 0 Å². The number of benzene rings is 2. The lowest BCUT2D eigenvalue weighted by atomic mass is 10.1. The molecule has 30 heavy (non-hydrogen) atoms. The van der Waals surface area contributed by atoms with Gasteiger partial charge in [0.2, 0.25) is 5.89 Å². The van der Waals surface area contributed by atoms with Gasteiger partial charge in [0, 0.05) is 0 Å². The van der Waals surface area contributed by atoms with Crippen LogP contribution >= 0.6 is 0 Å². The SMILES string of the molecule is CC(NC(=O)c1coc(C(N)Cc2ccc(O)cc2)n1)C(=O)OCc1ccccc1. The minimum atomic E-state index is -0.855. The highest BCUT2D eigenvalue weighted by atomic mass is 16.5. The van der Waals surface area contributed by atoms with Crippen molar-refractivity contribution in [3.63, 3.8) is 0 Å². The van der Waals surface area contributed by atoms with Crippen LogP contribution in [0.5, 0.6) is 5.75 Å². The van der Waals surface area contributed by atoms with Crippen LogP contribution < -0.4 is 11.1 Å². The Hall–Kier alpha value is -3.65. The van der Waals surface area contributed by atoms with Crippen molar-refractivity contribution in [3.8, 4) is 5.75 Å². The minimum Gasteiger partial charge on any atom is -0.508 e. The van der Waals surface area contributed by atoms with Crippen LogP contribution in [-0.2, 0) is 22.6 Å². The Morgan fingerprint density at radius 2 is 1.83 bits per heavy atom. The monoisotopic (exact) mass is 409 g/mol. The van der Waals surface area contributed by atoms with Crippen molar-refractivity contribution in [1.82, 2.24) is 10.3 Å². The van der Waals surface area contributed by atoms with Gasteiger partial charge in [0.1, 0.15) is 24.7 Å². The zero-order valence-electron chi connectivity index (χ0n) is 16.4. The van der Waals surface area contributed by atoms with Crippen LogP contribution in [0.4, 0.5) is 0 Å². The molecule has 8 nitrogen and oxygen atoms in total. The molecular formula is C22H23N3O5. The normalized spacial score (nSPS) is 12.7. The largest absolute Gasteiger partial charge is 0.508 e. The fraction of sp³-hybridized carbons (Fsp3) is 0.227. The second-order valence-electron chi connectivity index (χ2n) is 6.84. The molecule has 0 saturated carbocycles. The average molecular weight is 409 g/mol. The Balaban J connectivity index is 1.52. The zero-order valence-corrected chi connectivity index (χ0v) is 16.4. The smallest absolute Gasteiger partial charge is 0.328 e. The van der Waals surface area contributed by atoms with Crippen molar-refractivity contribution in [2.45, 2.75) is 32.0 Å². The number of hydrogen-bond acceptors (Lipinski definition) is 7. The van der Waals surface area contributed by atoms with Crippen molar-refractivity contribution in [3.05, 3.63) is 83.6 Å². The first-order valence-electron chi connectivity index (χ1n) is 9.42. The highest BCUT2D eigenvalue weighted by Gasteiger charge is 2.22. The molecular weight excluding hydrogens is 386 g/mol. The summed E-state index contributed by atoms with van der Waals surface area (Å²) in [5.74, 6) is -0.753. The summed E-state index contributed by atoms with van der Waals surface area (Å²) in [6.45, 7) is 1.66. The number of oxazole rings is 1. The standard InChI is InChI=1S/C22H23N3O5/c1-14(22(28)30-12-16-5-3-2-4-6-16)24-20(27)19-13-29-21(25-19)18(23)11-15-7-9-17(26)10-8-15/h2-10,13-14,18,26H,11-12,23H2,1H3,(H,24,27). The average Bonchev–Trinajstić information content (AvgIpc) is 3.25. The number of esters is 1. The maximum atomic E-state index is 12.4. The van der Waals surface area contributed by atoms with E-state index in [-0.39, 0.29) is 23.9 Å². The number of nitrogens with two attached hydrogens (primary N) is 1. The first-order chi connectivity index (χ1) is 14.4. The number of amides is 1. The lowest BCUT2D eigenvalue weighted by molar-refractivity contribution is -0.146. The Morgan fingerprint density at radius 1 is 1.13 bits per heavy atom. The first kappa shape index (κ1) is 21.1. The van der Waals surface area contributed by atoms with E-state index in [2.05, 4.69) is 10.3 Å². The molecule has 0 aliphatic heterocycles. The maximum Gasteiger partial charge on any atom is 0.328 e. The van der Waals surface area contributed by atoms with Crippen molar-refractivity contribution < 1.29 is 23.8 Å². The highest BCUT2D eigenvalue weighted by molar-refractivity contribution is 5.94. The summed E-state index contributed by atoms with van der Waals surface area (Å²) in [7, 11) is 0. The van der Waals surface area contributed by atoms with Crippen LogP contribution in [0, 0.1) is 0 Å². The number of nitrogens with zero attached hydrogens (tertiary/aromatic N) is 1. The molecule has 1 heterocycles. The molecule has 0 bridgehead atoms. The molecule has 0 saturated heterocycles. The topological polar surface area (TPSA) is 128 Å². The van der Waals surface area contributed by atoms with Crippen LogP contribution in [0.1, 0.15) is 40.5 Å². The van der Waals surface area contributed by atoms with Gasteiger partial charge in [-0.3, -0.25) is 4.79 Å². The van der Waals surface area contributed by atoms with E-state index in [0.717, 1.165) is 11.1 Å². The summed E-state index contributed by atoms with van der Waals surface area (Å²) in [6.07, 6.45) is 1.62.